The van der Waals surface area contributed by atoms with Crippen molar-refractivity contribution in [2.24, 2.45) is 0 Å². The van der Waals surface area contributed by atoms with Crippen molar-refractivity contribution >= 4 is 23.4 Å². The van der Waals surface area contributed by atoms with Gasteiger partial charge in [0.25, 0.3) is 0 Å². The minimum atomic E-state index is -0.767. The number of amides is 2. The highest BCUT2D eigenvalue weighted by molar-refractivity contribution is 6.04. The number of allylic oxidation sites excluding steroid dienone is 2. The van der Waals surface area contributed by atoms with Gasteiger partial charge in [-0.15, -0.1) is 0 Å². The Morgan fingerprint density at radius 1 is 0.778 bits per heavy atom. The normalized spacial score (nSPS) is 10.7. The highest BCUT2D eigenvalue weighted by atomic mass is 16.5. The van der Waals surface area contributed by atoms with Crippen molar-refractivity contribution in [2.45, 2.75) is 13.8 Å². The van der Waals surface area contributed by atoms with E-state index in [0.29, 0.717) is 0 Å². The minimum Gasteiger partial charge on any atom is -0.464 e. The van der Waals surface area contributed by atoms with Crippen LogP contribution in [0.3, 0.4) is 0 Å². The number of imide groups is 1. The fraction of sp³-hybridized carbons (Fsp3) is 0.136. The smallest absolute Gasteiger partial charge is 0.355 e. The molecule has 0 aliphatic rings. The Morgan fingerprint density at radius 2 is 1.22 bits per heavy atom. The van der Waals surface area contributed by atoms with Crippen molar-refractivity contribution in [3.8, 4) is 0 Å². The largest absolute Gasteiger partial charge is 0.464 e. The Kier molecular flexibility index (Phi) is 6.83. The van der Waals surface area contributed by atoms with Crippen molar-refractivity contribution < 1.29 is 19.1 Å². The molecule has 0 aromatic heterocycles. The third-order valence-electron chi connectivity index (χ3n) is 3.84. The van der Waals surface area contributed by atoms with Crippen LogP contribution in [0.5, 0.6) is 0 Å². The molecule has 0 fully saturated rings. The van der Waals surface area contributed by atoms with Gasteiger partial charge in [-0.25, -0.2) is 9.69 Å². The van der Waals surface area contributed by atoms with Gasteiger partial charge >= 0.3 is 5.97 Å². The van der Waals surface area contributed by atoms with E-state index in [4.69, 9.17) is 4.74 Å². The number of hydrogen-bond donors (Lipinski definition) is 0. The van der Waals surface area contributed by atoms with E-state index >= 15 is 0 Å². The Hall–Kier alpha value is -3.47. The zero-order valence-corrected chi connectivity index (χ0v) is 15.5. The fourth-order valence-electron chi connectivity index (χ4n) is 2.66. The Bertz CT molecular complexity index is 828. The van der Waals surface area contributed by atoms with Crippen LogP contribution >= 0.6 is 0 Å². The van der Waals surface area contributed by atoms with E-state index in [1.54, 1.807) is 6.08 Å². The van der Waals surface area contributed by atoms with E-state index in [0.717, 1.165) is 21.6 Å². The Balaban J connectivity index is 2.63. The van der Waals surface area contributed by atoms with Crippen LogP contribution in [0.25, 0.3) is 5.57 Å². The van der Waals surface area contributed by atoms with Crippen molar-refractivity contribution in [1.82, 2.24) is 4.90 Å². The van der Waals surface area contributed by atoms with E-state index < -0.39 is 17.8 Å². The van der Waals surface area contributed by atoms with E-state index in [1.165, 1.54) is 27.0 Å². The fourth-order valence-corrected chi connectivity index (χ4v) is 2.66. The number of benzene rings is 2. The first kappa shape index (κ1) is 19.8. The van der Waals surface area contributed by atoms with Gasteiger partial charge < -0.3 is 4.74 Å². The SMILES string of the molecule is COC(=O)/C(=C\C=C(c1ccccc1)c1ccccc1)N(C(C)=O)C(C)=O. The number of hydrogen-bond acceptors (Lipinski definition) is 4. The Morgan fingerprint density at radius 3 is 1.59 bits per heavy atom. The summed E-state index contributed by atoms with van der Waals surface area (Å²) in [5.41, 5.74) is 2.56. The van der Waals surface area contributed by atoms with Gasteiger partial charge in [-0.3, -0.25) is 9.59 Å². The van der Waals surface area contributed by atoms with Crippen molar-refractivity contribution in [2.75, 3.05) is 7.11 Å². The average Bonchev–Trinajstić information content (AvgIpc) is 2.67. The van der Waals surface area contributed by atoms with Crippen LogP contribution in [0.1, 0.15) is 25.0 Å². The molecular weight excluding hydrogens is 342 g/mol. The number of carbonyl (C=O) groups is 3. The maximum atomic E-state index is 12.2. The van der Waals surface area contributed by atoms with Gasteiger partial charge in [0.05, 0.1) is 7.11 Å². The molecule has 0 saturated carbocycles. The van der Waals surface area contributed by atoms with E-state index in [2.05, 4.69) is 0 Å². The lowest BCUT2D eigenvalue weighted by molar-refractivity contribution is -0.147. The third-order valence-corrected chi connectivity index (χ3v) is 3.84. The lowest BCUT2D eigenvalue weighted by Crippen LogP contribution is -2.36. The van der Waals surface area contributed by atoms with Gasteiger partial charge in [0.15, 0.2) is 0 Å². The summed E-state index contributed by atoms with van der Waals surface area (Å²) >= 11 is 0. The maximum absolute atomic E-state index is 12.2. The molecule has 0 N–H and O–H groups in total. The molecule has 0 bridgehead atoms. The summed E-state index contributed by atoms with van der Waals surface area (Å²) in [7, 11) is 1.20. The van der Waals surface area contributed by atoms with Crippen molar-refractivity contribution in [3.05, 3.63) is 89.6 Å². The summed E-state index contributed by atoms with van der Waals surface area (Å²) in [6.45, 7) is 2.44. The molecule has 2 amide bonds. The first-order chi connectivity index (χ1) is 13.0. The predicted octanol–water partition coefficient (Wildman–Crippen LogP) is 3.57. The molecule has 0 atom stereocenters. The highest BCUT2D eigenvalue weighted by Crippen LogP contribution is 2.24. The monoisotopic (exact) mass is 363 g/mol. The number of methoxy groups -OCH3 is 1. The number of carbonyl (C=O) groups excluding carboxylic acids is 3. The molecule has 0 heterocycles. The maximum Gasteiger partial charge on any atom is 0.355 e. The summed E-state index contributed by atoms with van der Waals surface area (Å²) in [5, 5.41) is 0. The standard InChI is InChI=1S/C22H21NO4/c1-16(24)23(17(2)25)21(22(26)27-3)15-14-20(18-10-6-4-7-11-18)19-12-8-5-9-13-19/h4-15H,1-3H3/b21-15+. The molecule has 2 rings (SSSR count). The second-order valence-corrected chi connectivity index (χ2v) is 5.73. The number of nitrogens with zero attached hydrogens (tertiary/aromatic N) is 1. The first-order valence-corrected chi connectivity index (χ1v) is 8.38. The number of rotatable bonds is 5. The molecule has 5 heteroatoms. The summed E-state index contributed by atoms with van der Waals surface area (Å²) < 4.78 is 4.75. The van der Waals surface area contributed by atoms with Gasteiger partial charge in [0.2, 0.25) is 11.8 Å². The van der Waals surface area contributed by atoms with Crippen molar-refractivity contribution in [3.63, 3.8) is 0 Å². The van der Waals surface area contributed by atoms with Gasteiger partial charge in [0.1, 0.15) is 5.70 Å². The zero-order chi connectivity index (χ0) is 19.8. The van der Waals surface area contributed by atoms with Gasteiger partial charge in [-0.1, -0.05) is 66.7 Å². The Labute approximate surface area is 158 Å². The second-order valence-electron chi connectivity index (χ2n) is 5.73. The number of ether oxygens (including phenoxy) is 1. The van der Waals surface area contributed by atoms with Gasteiger partial charge in [-0.05, 0) is 22.8 Å². The first-order valence-electron chi connectivity index (χ1n) is 8.38. The summed E-state index contributed by atoms with van der Waals surface area (Å²) in [4.78, 5) is 36.7. The van der Waals surface area contributed by atoms with Crippen LogP contribution in [0.4, 0.5) is 0 Å². The molecule has 0 aliphatic carbocycles. The van der Waals surface area contributed by atoms with Crippen LogP contribution in [0.15, 0.2) is 78.5 Å². The average molecular weight is 363 g/mol. The molecule has 5 nitrogen and oxygen atoms in total. The molecule has 0 aliphatic heterocycles. The zero-order valence-electron chi connectivity index (χ0n) is 15.5. The van der Waals surface area contributed by atoms with E-state index in [-0.39, 0.29) is 5.70 Å². The predicted molar refractivity (Wildman–Crippen MR) is 103 cm³/mol. The van der Waals surface area contributed by atoms with Crippen LogP contribution in [0.2, 0.25) is 0 Å². The molecule has 0 radical (unpaired) electrons. The lowest BCUT2D eigenvalue weighted by Gasteiger charge is -2.18. The highest BCUT2D eigenvalue weighted by Gasteiger charge is 2.25. The lowest BCUT2D eigenvalue weighted by atomic mass is 9.97. The molecule has 2 aromatic carbocycles. The summed E-state index contributed by atoms with van der Waals surface area (Å²) in [6.07, 6.45) is 3.14. The number of esters is 1. The molecule has 0 spiro atoms. The molecular formula is C22H21NO4. The van der Waals surface area contributed by atoms with Crippen molar-refractivity contribution in [1.29, 1.82) is 0 Å². The molecule has 2 aromatic rings. The summed E-state index contributed by atoms with van der Waals surface area (Å²) in [5.74, 6) is -1.89. The summed E-state index contributed by atoms with van der Waals surface area (Å²) in [6, 6.07) is 19.2. The van der Waals surface area contributed by atoms with E-state index in [9.17, 15) is 14.4 Å². The van der Waals surface area contributed by atoms with Crippen LogP contribution in [-0.4, -0.2) is 29.8 Å². The topological polar surface area (TPSA) is 63.7 Å². The minimum absolute atomic E-state index is 0.137. The van der Waals surface area contributed by atoms with Crippen LogP contribution in [-0.2, 0) is 19.1 Å². The molecule has 27 heavy (non-hydrogen) atoms. The quantitative estimate of drug-likeness (QED) is 0.463. The second kappa shape index (κ2) is 9.29. The van der Waals surface area contributed by atoms with Gasteiger partial charge in [0, 0.05) is 13.8 Å². The molecule has 0 unspecified atom stereocenters. The van der Waals surface area contributed by atoms with Crippen LogP contribution in [0, 0.1) is 0 Å². The van der Waals surface area contributed by atoms with Gasteiger partial charge in [-0.2, -0.15) is 0 Å². The van der Waals surface area contributed by atoms with Crippen LogP contribution < -0.4 is 0 Å². The van der Waals surface area contributed by atoms with E-state index in [1.807, 2.05) is 60.7 Å². The molecule has 0 saturated heterocycles. The molecule has 138 valence electrons. The third kappa shape index (κ3) is 5.01.